The molecule has 0 bridgehead atoms. The van der Waals surface area contributed by atoms with E-state index in [1.165, 1.54) is 11.1 Å². The van der Waals surface area contributed by atoms with Gasteiger partial charge < -0.3 is 15.2 Å². The molecule has 3 nitrogen and oxygen atoms in total. The third-order valence-corrected chi connectivity index (χ3v) is 3.71. The maximum atomic E-state index is 10.1. The molecule has 0 fully saturated rings. The molecule has 1 aromatic rings. The van der Waals surface area contributed by atoms with Crippen LogP contribution in [0.4, 0.5) is 0 Å². The van der Waals surface area contributed by atoms with Gasteiger partial charge in [0.1, 0.15) is 18.5 Å². The summed E-state index contributed by atoms with van der Waals surface area (Å²) in [6.07, 6.45) is 0.533. The molecule has 1 rings (SSSR count). The van der Waals surface area contributed by atoms with Gasteiger partial charge in [0.15, 0.2) is 0 Å². The minimum atomic E-state index is -0.513. The van der Waals surface area contributed by atoms with Gasteiger partial charge in [0.25, 0.3) is 0 Å². The normalized spacial score (nSPS) is 14.0. The van der Waals surface area contributed by atoms with Gasteiger partial charge in [0.05, 0.1) is 0 Å². The Morgan fingerprint density at radius 3 is 2.27 bits per heavy atom. The topological polar surface area (TPSA) is 41.5 Å². The van der Waals surface area contributed by atoms with Crippen LogP contribution < -0.4 is 10.1 Å². The van der Waals surface area contributed by atoms with Crippen molar-refractivity contribution in [3.05, 3.63) is 29.3 Å². The predicted molar refractivity (Wildman–Crippen MR) is 93.6 cm³/mol. The van der Waals surface area contributed by atoms with Crippen LogP contribution in [0.1, 0.15) is 52.2 Å². The van der Waals surface area contributed by atoms with E-state index >= 15 is 0 Å². The molecule has 0 heterocycles. The summed E-state index contributed by atoms with van der Waals surface area (Å²) < 4.78 is 5.68. The highest BCUT2D eigenvalue weighted by atomic mass is 16.5. The summed E-state index contributed by atoms with van der Waals surface area (Å²) in [6.45, 7) is 16.0. The van der Waals surface area contributed by atoms with Crippen molar-refractivity contribution in [2.24, 2.45) is 5.41 Å². The standard InChI is InChI=1S/C19H33NO2/c1-14-8-9-17(10-15(14)2)22-12-16(21)11-20-19(6,7)13-18(3,4)5/h8-10,16,20-21H,11-13H2,1-7H3/t16-/m0/s1. The van der Waals surface area contributed by atoms with Crippen LogP contribution in [0.5, 0.6) is 5.75 Å². The summed E-state index contributed by atoms with van der Waals surface area (Å²) in [7, 11) is 0. The Balaban J connectivity index is 2.40. The van der Waals surface area contributed by atoms with Gasteiger partial charge in [-0.05, 0) is 62.8 Å². The van der Waals surface area contributed by atoms with Crippen LogP contribution in [-0.4, -0.2) is 29.9 Å². The fourth-order valence-corrected chi connectivity index (χ4v) is 2.84. The molecule has 3 heteroatoms. The lowest BCUT2D eigenvalue weighted by Gasteiger charge is -2.34. The summed E-state index contributed by atoms with van der Waals surface area (Å²) in [6, 6.07) is 6.01. The molecule has 0 amide bonds. The Hall–Kier alpha value is -1.06. The minimum absolute atomic E-state index is 0.000320. The Bertz CT molecular complexity index is 475. The third-order valence-electron chi connectivity index (χ3n) is 3.71. The first kappa shape index (κ1) is 19.0. The van der Waals surface area contributed by atoms with E-state index in [0.29, 0.717) is 13.2 Å². The van der Waals surface area contributed by atoms with Crippen LogP contribution in [0.25, 0.3) is 0 Å². The maximum absolute atomic E-state index is 10.1. The molecule has 0 aliphatic heterocycles. The maximum Gasteiger partial charge on any atom is 0.119 e. The van der Waals surface area contributed by atoms with Crippen molar-refractivity contribution in [3.63, 3.8) is 0 Å². The minimum Gasteiger partial charge on any atom is -0.491 e. The summed E-state index contributed by atoms with van der Waals surface area (Å²) in [4.78, 5) is 0. The summed E-state index contributed by atoms with van der Waals surface area (Å²) in [5.41, 5.74) is 2.71. The van der Waals surface area contributed by atoms with Crippen molar-refractivity contribution >= 4 is 0 Å². The molecule has 1 atom stereocenters. The average Bonchev–Trinajstić information content (AvgIpc) is 2.35. The van der Waals surface area contributed by atoms with Gasteiger partial charge >= 0.3 is 0 Å². The van der Waals surface area contributed by atoms with Crippen LogP contribution in [0.3, 0.4) is 0 Å². The van der Waals surface area contributed by atoms with Crippen molar-refractivity contribution in [3.8, 4) is 5.75 Å². The van der Waals surface area contributed by atoms with Gasteiger partial charge in [-0.1, -0.05) is 26.8 Å². The molecule has 1 aromatic carbocycles. The molecule has 0 aliphatic rings. The second-order valence-corrected chi connectivity index (χ2v) is 8.21. The van der Waals surface area contributed by atoms with Gasteiger partial charge in [-0.2, -0.15) is 0 Å². The quantitative estimate of drug-likeness (QED) is 0.804. The molecular formula is C19H33NO2. The summed E-state index contributed by atoms with van der Waals surface area (Å²) >= 11 is 0. The molecule has 0 spiro atoms. The number of aliphatic hydroxyl groups excluding tert-OH is 1. The predicted octanol–water partition coefficient (Wildman–Crippen LogP) is 3.85. The number of aryl methyl sites for hydroxylation is 2. The number of ether oxygens (including phenoxy) is 1. The number of aliphatic hydroxyl groups is 1. The van der Waals surface area contributed by atoms with Crippen LogP contribution in [0, 0.1) is 19.3 Å². The van der Waals surface area contributed by atoms with E-state index in [0.717, 1.165) is 12.2 Å². The molecule has 22 heavy (non-hydrogen) atoms. The lowest BCUT2D eigenvalue weighted by Crippen LogP contribution is -2.46. The lowest BCUT2D eigenvalue weighted by molar-refractivity contribution is 0.0944. The Labute approximate surface area is 136 Å². The van der Waals surface area contributed by atoms with Gasteiger partial charge in [0, 0.05) is 12.1 Å². The molecule has 0 saturated heterocycles. The third kappa shape index (κ3) is 7.28. The van der Waals surface area contributed by atoms with Crippen molar-refractivity contribution in [2.75, 3.05) is 13.2 Å². The van der Waals surface area contributed by atoms with Crippen molar-refractivity contribution in [2.45, 2.75) is 66.5 Å². The van der Waals surface area contributed by atoms with Gasteiger partial charge in [0.2, 0.25) is 0 Å². The van der Waals surface area contributed by atoms with E-state index in [-0.39, 0.29) is 11.0 Å². The lowest BCUT2D eigenvalue weighted by atomic mass is 9.82. The molecule has 0 aliphatic carbocycles. The first-order chi connectivity index (χ1) is 9.98. The molecule has 2 N–H and O–H groups in total. The van der Waals surface area contributed by atoms with E-state index in [9.17, 15) is 5.11 Å². The van der Waals surface area contributed by atoms with Crippen molar-refractivity contribution in [1.82, 2.24) is 5.32 Å². The highest BCUT2D eigenvalue weighted by Crippen LogP contribution is 2.26. The van der Waals surface area contributed by atoms with Crippen LogP contribution >= 0.6 is 0 Å². The molecular weight excluding hydrogens is 274 g/mol. The zero-order valence-electron chi connectivity index (χ0n) is 15.3. The summed E-state index contributed by atoms with van der Waals surface area (Å²) in [5, 5.41) is 13.6. The molecule has 126 valence electrons. The molecule has 0 unspecified atom stereocenters. The number of hydrogen-bond acceptors (Lipinski definition) is 3. The second-order valence-electron chi connectivity index (χ2n) is 8.21. The van der Waals surface area contributed by atoms with Gasteiger partial charge in [-0.25, -0.2) is 0 Å². The van der Waals surface area contributed by atoms with Crippen LogP contribution in [0.2, 0.25) is 0 Å². The monoisotopic (exact) mass is 307 g/mol. The zero-order chi connectivity index (χ0) is 17.0. The largest absolute Gasteiger partial charge is 0.491 e. The number of benzene rings is 1. The first-order valence-corrected chi connectivity index (χ1v) is 8.12. The first-order valence-electron chi connectivity index (χ1n) is 8.12. The number of nitrogens with one attached hydrogen (secondary N) is 1. The van der Waals surface area contributed by atoms with Crippen molar-refractivity contribution < 1.29 is 9.84 Å². The number of hydrogen-bond donors (Lipinski definition) is 2. The molecule has 0 saturated carbocycles. The zero-order valence-corrected chi connectivity index (χ0v) is 15.3. The Morgan fingerprint density at radius 2 is 1.73 bits per heavy atom. The Morgan fingerprint density at radius 1 is 1.09 bits per heavy atom. The highest BCUT2D eigenvalue weighted by molar-refractivity contribution is 5.33. The average molecular weight is 307 g/mol. The van der Waals surface area contributed by atoms with Gasteiger partial charge in [-0.3, -0.25) is 0 Å². The second kappa shape index (κ2) is 7.47. The smallest absolute Gasteiger partial charge is 0.119 e. The van der Waals surface area contributed by atoms with E-state index < -0.39 is 6.10 Å². The fraction of sp³-hybridized carbons (Fsp3) is 0.684. The highest BCUT2D eigenvalue weighted by Gasteiger charge is 2.25. The van der Waals surface area contributed by atoms with Crippen LogP contribution in [-0.2, 0) is 0 Å². The molecule has 0 radical (unpaired) electrons. The van der Waals surface area contributed by atoms with E-state index in [2.05, 4.69) is 53.8 Å². The van der Waals surface area contributed by atoms with Crippen molar-refractivity contribution in [1.29, 1.82) is 0 Å². The van der Waals surface area contributed by atoms with E-state index in [1.807, 2.05) is 18.2 Å². The summed E-state index contributed by atoms with van der Waals surface area (Å²) in [5.74, 6) is 0.816. The Kier molecular flexibility index (Phi) is 6.45. The van der Waals surface area contributed by atoms with Crippen LogP contribution in [0.15, 0.2) is 18.2 Å². The number of β-amino-alcohol motifs (C(OH)–C–C–N with tert-alkyl or cyclic N) is 1. The SMILES string of the molecule is Cc1ccc(OC[C@@H](O)CNC(C)(C)CC(C)(C)C)cc1C. The van der Waals surface area contributed by atoms with E-state index in [4.69, 9.17) is 4.74 Å². The van der Waals surface area contributed by atoms with Gasteiger partial charge in [-0.15, -0.1) is 0 Å². The number of rotatable bonds is 7. The molecule has 0 aromatic heterocycles. The fourth-order valence-electron chi connectivity index (χ4n) is 2.84. The van der Waals surface area contributed by atoms with E-state index in [1.54, 1.807) is 0 Å².